The first kappa shape index (κ1) is 12.4. The molecule has 1 aromatic carbocycles. The second-order valence-electron chi connectivity index (χ2n) is 3.49. The summed E-state index contributed by atoms with van der Waals surface area (Å²) in [5, 5.41) is 19.1. The second kappa shape index (κ2) is 6.07. The highest BCUT2D eigenvalue weighted by Gasteiger charge is 2.09. The van der Waals surface area contributed by atoms with Crippen molar-refractivity contribution in [1.82, 2.24) is 0 Å². The summed E-state index contributed by atoms with van der Waals surface area (Å²) in [7, 11) is 0. The first-order valence-electron chi connectivity index (χ1n) is 5.14. The summed E-state index contributed by atoms with van der Waals surface area (Å²) in [5.41, 5.74) is 0.900. The molecule has 0 aliphatic carbocycles. The minimum absolute atomic E-state index is 0.0303. The van der Waals surface area contributed by atoms with E-state index >= 15 is 0 Å². The Morgan fingerprint density at radius 3 is 2.81 bits per heavy atom. The third-order valence-corrected chi connectivity index (χ3v) is 2.19. The molecule has 0 atom stereocenters. The number of benzene rings is 1. The van der Waals surface area contributed by atoms with Crippen LogP contribution in [0.25, 0.3) is 0 Å². The van der Waals surface area contributed by atoms with E-state index in [9.17, 15) is 10.1 Å². The van der Waals surface area contributed by atoms with Gasteiger partial charge in [0.25, 0.3) is 5.69 Å². The number of non-ortho nitro benzene ring substituents is 1. The van der Waals surface area contributed by atoms with Crippen molar-refractivity contribution in [2.24, 2.45) is 0 Å². The number of nitro benzene ring substituents is 1. The molecule has 88 valence electrons. The Morgan fingerprint density at radius 1 is 1.44 bits per heavy atom. The zero-order valence-corrected chi connectivity index (χ0v) is 9.18. The summed E-state index contributed by atoms with van der Waals surface area (Å²) in [6.45, 7) is 2.44. The van der Waals surface area contributed by atoms with Crippen molar-refractivity contribution >= 4 is 5.69 Å². The number of hydrogen-bond acceptors (Lipinski definition) is 4. The molecule has 16 heavy (non-hydrogen) atoms. The van der Waals surface area contributed by atoms with Gasteiger partial charge in [-0.25, -0.2) is 0 Å². The van der Waals surface area contributed by atoms with E-state index in [1.165, 1.54) is 12.1 Å². The average molecular weight is 225 g/mol. The fraction of sp³-hybridized carbons (Fsp3) is 0.455. The molecule has 0 spiro atoms. The number of rotatable bonds is 6. The second-order valence-corrected chi connectivity index (χ2v) is 3.49. The topological polar surface area (TPSA) is 72.6 Å². The van der Waals surface area contributed by atoms with Gasteiger partial charge in [-0.1, -0.05) is 0 Å². The van der Waals surface area contributed by atoms with Crippen molar-refractivity contribution < 1.29 is 14.8 Å². The van der Waals surface area contributed by atoms with Crippen LogP contribution in [0.1, 0.15) is 18.4 Å². The van der Waals surface area contributed by atoms with E-state index in [1.807, 2.05) is 6.92 Å². The van der Waals surface area contributed by atoms with E-state index in [4.69, 9.17) is 9.84 Å². The first-order valence-corrected chi connectivity index (χ1v) is 5.14. The fourth-order valence-corrected chi connectivity index (χ4v) is 1.25. The summed E-state index contributed by atoms with van der Waals surface area (Å²) in [5.74, 6) is 0.534. The van der Waals surface area contributed by atoms with Crippen molar-refractivity contribution in [1.29, 1.82) is 0 Å². The molecule has 0 aromatic heterocycles. The van der Waals surface area contributed by atoms with Gasteiger partial charge in [0.05, 0.1) is 17.6 Å². The molecular weight excluding hydrogens is 210 g/mol. The smallest absolute Gasteiger partial charge is 0.273 e. The molecule has 0 radical (unpaired) electrons. The van der Waals surface area contributed by atoms with Crippen LogP contribution in [-0.4, -0.2) is 23.2 Å². The minimum atomic E-state index is -0.444. The molecule has 5 heteroatoms. The van der Waals surface area contributed by atoms with Crippen molar-refractivity contribution in [2.75, 3.05) is 13.2 Å². The SMILES string of the molecule is Cc1ccc([N+](=O)[O-])cc1OCCCCO. The molecule has 1 rings (SSSR count). The van der Waals surface area contributed by atoms with Crippen molar-refractivity contribution in [3.05, 3.63) is 33.9 Å². The van der Waals surface area contributed by atoms with E-state index in [-0.39, 0.29) is 12.3 Å². The lowest BCUT2D eigenvalue weighted by molar-refractivity contribution is -0.384. The number of ether oxygens (including phenoxy) is 1. The predicted octanol–water partition coefficient (Wildman–Crippen LogP) is 2.05. The van der Waals surface area contributed by atoms with Crippen LogP contribution in [0.5, 0.6) is 5.75 Å². The highest BCUT2D eigenvalue weighted by molar-refractivity contribution is 5.43. The summed E-state index contributed by atoms with van der Waals surface area (Å²) >= 11 is 0. The zero-order chi connectivity index (χ0) is 12.0. The summed E-state index contributed by atoms with van der Waals surface area (Å²) in [6.07, 6.45) is 1.41. The molecule has 0 amide bonds. The Morgan fingerprint density at radius 2 is 2.19 bits per heavy atom. The van der Waals surface area contributed by atoms with Crippen LogP contribution < -0.4 is 4.74 Å². The van der Waals surface area contributed by atoms with E-state index in [2.05, 4.69) is 0 Å². The number of aliphatic hydroxyl groups excluding tert-OH is 1. The van der Waals surface area contributed by atoms with Gasteiger partial charge in [-0.3, -0.25) is 10.1 Å². The van der Waals surface area contributed by atoms with Gasteiger partial charge in [-0.05, 0) is 31.4 Å². The van der Waals surface area contributed by atoms with E-state index < -0.39 is 4.92 Å². The Balaban J connectivity index is 2.63. The molecule has 0 fully saturated rings. The van der Waals surface area contributed by atoms with E-state index in [0.717, 1.165) is 12.0 Å². The van der Waals surface area contributed by atoms with Crippen molar-refractivity contribution in [3.8, 4) is 5.75 Å². The van der Waals surface area contributed by atoms with Crippen LogP contribution in [0.15, 0.2) is 18.2 Å². The summed E-state index contributed by atoms with van der Waals surface area (Å²) in [4.78, 5) is 10.1. The van der Waals surface area contributed by atoms with Gasteiger partial charge in [0.1, 0.15) is 5.75 Å². The monoisotopic (exact) mass is 225 g/mol. The average Bonchev–Trinajstić information content (AvgIpc) is 2.26. The van der Waals surface area contributed by atoms with Crippen LogP contribution in [0.2, 0.25) is 0 Å². The highest BCUT2D eigenvalue weighted by Crippen LogP contribution is 2.24. The molecule has 0 heterocycles. The predicted molar refractivity (Wildman–Crippen MR) is 59.6 cm³/mol. The third-order valence-electron chi connectivity index (χ3n) is 2.19. The minimum Gasteiger partial charge on any atom is -0.493 e. The van der Waals surface area contributed by atoms with Gasteiger partial charge in [0, 0.05) is 12.7 Å². The van der Waals surface area contributed by atoms with Crippen LogP contribution in [-0.2, 0) is 0 Å². The highest BCUT2D eigenvalue weighted by atomic mass is 16.6. The largest absolute Gasteiger partial charge is 0.493 e. The number of nitro groups is 1. The maximum Gasteiger partial charge on any atom is 0.273 e. The quantitative estimate of drug-likeness (QED) is 0.457. The number of unbranched alkanes of at least 4 members (excludes halogenated alkanes) is 1. The zero-order valence-electron chi connectivity index (χ0n) is 9.18. The van der Waals surface area contributed by atoms with Crippen molar-refractivity contribution in [3.63, 3.8) is 0 Å². The van der Waals surface area contributed by atoms with E-state index in [0.29, 0.717) is 18.8 Å². The molecule has 5 nitrogen and oxygen atoms in total. The van der Waals surface area contributed by atoms with Gasteiger partial charge in [-0.2, -0.15) is 0 Å². The molecule has 0 bridgehead atoms. The van der Waals surface area contributed by atoms with Crippen LogP contribution in [0, 0.1) is 17.0 Å². The lowest BCUT2D eigenvalue weighted by atomic mass is 10.2. The summed E-state index contributed by atoms with van der Waals surface area (Å²) < 4.78 is 5.41. The number of aliphatic hydroxyl groups is 1. The number of aryl methyl sites for hydroxylation is 1. The van der Waals surface area contributed by atoms with Gasteiger partial charge in [0.15, 0.2) is 0 Å². The van der Waals surface area contributed by atoms with Crippen LogP contribution >= 0.6 is 0 Å². The van der Waals surface area contributed by atoms with Gasteiger partial charge < -0.3 is 9.84 Å². The standard InChI is InChI=1S/C11H15NO4/c1-9-4-5-10(12(14)15)8-11(9)16-7-3-2-6-13/h4-5,8,13H,2-3,6-7H2,1H3. The Labute approximate surface area is 93.8 Å². The lowest BCUT2D eigenvalue weighted by Gasteiger charge is -2.08. The molecule has 0 saturated carbocycles. The van der Waals surface area contributed by atoms with E-state index in [1.54, 1.807) is 6.07 Å². The van der Waals surface area contributed by atoms with Gasteiger partial charge >= 0.3 is 0 Å². The summed E-state index contributed by atoms with van der Waals surface area (Å²) in [6, 6.07) is 4.55. The van der Waals surface area contributed by atoms with Gasteiger partial charge in [-0.15, -0.1) is 0 Å². The fourth-order valence-electron chi connectivity index (χ4n) is 1.25. The molecule has 0 aliphatic rings. The van der Waals surface area contributed by atoms with Gasteiger partial charge in [0.2, 0.25) is 0 Å². The molecule has 1 aromatic rings. The lowest BCUT2D eigenvalue weighted by Crippen LogP contribution is -2.00. The molecule has 0 unspecified atom stereocenters. The molecular formula is C11H15NO4. The Hall–Kier alpha value is -1.62. The molecule has 0 saturated heterocycles. The number of nitrogens with zero attached hydrogens (tertiary/aromatic N) is 1. The molecule has 0 aliphatic heterocycles. The van der Waals surface area contributed by atoms with Crippen LogP contribution in [0.3, 0.4) is 0 Å². The maximum atomic E-state index is 10.6. The number of hydrogen-bond donors (Lipinski definition) is 1. The maximum absolute atomic E-state index is 10.6. The van der Waals surface area contributed by atoms with Crippen LogP contribution in [0.4, 0.5) is 5.69 Å². The Bertz CT molecular complexity index is 365. The van der Waals surface area contributed by atoms with Crippen molar-refractivity contribution in [2.45, 2.75) is 19.8 Å². The normalized spacial score (nSPS) is 10.1. The third kappa shape index (κ3) is 3.51. The Kier molecular flexibility index (Phi) is 4.72. The first-order chi connectivity index (χ1) is 7.65. The molecule has 1 N–H and O–H groups in total.